The number of likely N-dealkylation sites (N-methyl/N-ethyl adjacent to an activating group) is 1. The van der Waals surface area contributed by atoms with Gasteiger partial charge in [0.1, 0.15) is 0 Å². The van der Waals surface area contributed by atoms with Gasteiger partial charge in [0, 0.05) is 18.1 Å². The van der Waals surface area contributed by atoms with Crippen LogP contribution in [0.1, 0.15) is 26.3 Å². The predicted octanol–water partition coefficient (Wildman–Crippen LogP) is 2.26. The molecule has 0 saturated carbocycles. The smallest absolute Gasteiger partial charge is 0.218 e. The zero-order valence-corrected chi connectivity index (χ0v) is 13.0. The van der Waals surface area contributed by atoms with Gasteiger partial charge in [-0.2, -0.15) is 4.31 Å². The Hall–Kier alpha value is -0.620. The summed E-state index contributed by atoms with van der Waals surface area (Å²) in [6.07, 6.45) is 0. The van der Waals surface area contributed by atoms with E-state index in [1.54, 1.807) is 45.0 Å². The highest BCUT2D eigenvalue weighted by atomic mass is 35.5. The Balaban J connectivity index is 2.94. The highest BCUT2D eigenvalue weighted by molar-refractivity contribution is 7.88. The number of aliphatic hydroxyl groups is 1. The van der Waals surface area contributed by atoms with Crippen LogP contribution >= 0.6 is 11.6 Å². The summed E-state index contributed by atoms with van der Waals surface area (Å²) in [5, 5.41) is 10.2. The number of nitrogens with zero attached hydrogens (tertiary/aromatic N) is 1. The average Bonchev–Trinajstić information content (AvgIpc) is 2.27. The Morgan fingerprint density at radius 1 is 1.32 bits per heavy atom. The maximum absolute atomic E-state index is 12.3. The minimum atomic E-state index is -3.49. The fraction of sp³-hybridized carbons (Fsp3) is 0.538. The summed E-state index contributed by atoms with van der Waals surface area (Å²) < 4.78 is 25.9. The second kappa shape index (κ2) is 6.22. The minimum Gasteiger partial charge on any atom is -0.389 e. The second-order valence-corrected chi connectivity index (χ2v) is 7.46. The van der Waals surface area contributed by atoms with Crippen LogP contribution in [0.5, 0.6) is 0 Å². The van der Waals surface area contributed by atoms with Gasteiger partial charge in [0.2, 0.25) is 10.0 Å². The lowest BCUT2D eigenvalue weighted by atomic mass is 10.1. The average molecular weight is 306 g/mol. The van der Waals surface area contributed by atoms with E-state index in [4.69, 9.17) is 11.6 Å². The fourth-order valence-electron chi connectivity index (χ4n) is 1.74. The molecule has 0 spiro atoms. The van der Waals surface area contributed by atoms with Crippen LogP contribution in [-0.2, 0) is 15.8 Å². The third-order valence-corrected chi connectivity index (χ3v) is 4.82. The molecule has 1 aromatic carbocycles. The zero-order chi connectivity index (χ0) is 14.7. The van der Waals surface area contributed by atoms with Crippen molar-refractivity contribution >= 4 is 21.6 Å². The molecule has 1 aromatic rings. The van der Waals surface area contributed by atoms with Crippen molar-refractivity contribution in [3.63, 3.8) is 0 Å². The predicted molar refractivity (Wildman–Crippen MR) is 77.6 cm³/mol. The van der Waals surface area contributed by atoms with Crippen molar-refractivity contribution in [2.45, 2.75) is 32.1 Å². The molecule has 0 atom stereocenters. The molecule has 0 bridgehead atoms. The molecule has 0 fully saturated rings. The van der Waals surface area contributed by atoms with E-state index in [1.807, 2.05) is 0 Å². The number of halogens is 1. The van der Waals surface area contributed by atoms with Gasteiger partial charge in [0.25, 0.3) is 0 Å². The number of hydrogen-bond acceptors (Lipinski definition) is 3. The summed E-state index contributed by atoms with van der Waals surface area (Å²) in [6, 6.07) is 6.87. The van der Waals surface area contributed by atoms with Crippen molar-refractivity contribution in [2.75, 3.05) is 13.1 Å². The standard InChI is InChI=1S/C13H20ClNO3S/c1-4-15(10-13(2,3)16)19(17,18)9-11-7-5-6-8-12(11)14/h5-8,16H,4,9-10H2,1-3H3. The van der Waals surface area contributed by atoms with Gasteiger partial charge in [-0.1, -0.05) is 36.7 Å². The van der Waals surface area contributed by atoms with Crippen LogP contribution in [0.2, 0.25) is 5.02 Å². The minimum absolute atomic E-state index is 0.0658. The van der Waals surface area contributed by atoms with Crippen LogP contribution in [0.4, 0.5) is 0 Å². The Morgan fingerprint density at radius 2 is 1.89 bits per heavy atom. The van der Waals surface area contributed by atoms with Gasteiger partial charge in [-0.05, 0) is 25.5 Å². The molecule has 0 radical (unpaired) electrons. The monoisotopic (exact) mass is 305 g/mol. The largest absolute Gasteiger partial charge is 0.389 e. The lowest BCUT2D eigenvalue weighted by molar-refractivity contribution is 0.0601. The van der Waals surface area contributed by atoms with Gasteiger partial charge in [0.05, 0.1) is 11.4 Å². The number of sulfonamides is 1. The van der Waals surface area contributed by atoms with Crippen molar-refractivity contribution in [3.05, 3.63) is 34.9 Å². The second-order valence-electron chi connectivity index (χ2n) is 5.09. The summed E-state index contributed by atoms with van der Waals surface area (Å²) >= 11 is 5.98. The Morgan fingerprint density at radius 3 is 2.37 bits per heavy atom. The van der Waals surface area contributed by atoms with Crippen LogP contribution in [0, 0.1) is 0 Å². The van der Waals surface area contributed by atoms with Crippen molar-refractivity contribution in [1.29, 1.82) is 0 Å². The number of benzene rings is 1. The first-order valence-electron chi connectivity index (χ1n) is 6.09. The van der Waals surface area contributed by atoms with E-state index in [2.05, 4.69) is 0 Å². The summed E-state index contributed by atoms with van der Waals surface area (Å²) in [6.45, 7) is 5.30. The highest BCUT2D eigenvalue weighted by Gasteiger charge is 2.27. The molecule has 0 amide bonds. The molecule has 0 saturated heterocycles. The molecule has 4 nitrogen and oxygen atoms in total. The first-order valence-corrected chi connectivity index (χ1v) is 8.08. The van der Waals surface area contributed by atoms with Crippen molar-refractivity contribution in [3.8, 4) is 0 Å². The molecule has 0 aliphatic heterocycles. The molecule has 0 aromatic heterocycles. The molecule has 0 heterocycles. The van der Waals surface area contributed by atoms with E-state index in [0.29, 0.717) is 17.1 Å². The summed E-state index contributed by atoms with van der Waals surface area (Å²) in [4.78, 5) is 0. The molecule has 0 aliphatic carbocycles. The van der Waals surface area contributed by atoms with E-state index >= 15 is 0 Å². The molecular formula is C13H20ClNO3S. The third-order valence-electron chi connectivity index (χ3n) is 2.61. The molecule has 108 valence electrons. The molecule has 0 aliphatic rings. The lowest BCUT2D eigenvalue weighted by Crippen LogP contribution is -2.42. The topological polar surface area (TPSA) is 57.6 Å². The first kappa shape index (κ1) is 16.4. The van der Waals surface area contributed by atoms with Gasteiger partial charge >= 0.3 is 0 Å². The first-order chi connectivity index (χ1) is 8.65. The Bertz CT molecular complexity index is 523. The van der Waals surface area contributed by atoms with E-state index in [0.717, 1.165) is 0 Å². The maximum Gasteiger partial charge on any atom is 0.218 e. The molecule has 1 N–H and O–H groups in total. The molecule has 0 unspecified atom stereocenters. The highest BCUT2D eigenvalue weighted by Crippen LogP contribution is 2.20. The SMILES string of the molecule is CCN(CC(C)(C)O)S(=O)(=O)Cc1ccccc1Cl. The van der Waals surface area contributed by atoms with Gasteiger partial charge in [-0.15, -0.1) is 0 Å². The number of rotatable bonds is 6. The molecule has 6 heteroatoms. The lowest BCUT2D eigenvalue weighted by Gasteiger charge is -2.27. The van der Waals surface area contributed by atoms with Crippen LogP contribution in [0.15, 0.2) is 24.3 Å². The van der Waals surface area contributed by atoms with E-state index in [9.17, 15) is 13.5 Å². The van der Waals surface area contributed by atoms with E-state index in [1.165, 1.54) is 4.31 Å². The van der Waals surface area contributed by atoms with Gasteiger partial charge in [-0.25, -0.2) is 8.42 Å². The summed E-state index contributed by atoms with van der Waals surface area (Å²) in [5.41, 5.74) is -0.498. The van der Waals surface area contributed by atoms with Crippen LogP contribution in [0.25, 0.3) is 0 Å². The fourth-order valence-corrected chi connectivity index (χ4v) is 3.76. The van der Waals surface area contributed by atoms with Crippen LogP contribution < -0.4 is 0 Å². The van der Waals surface area contributed by atoms with Crippen molar-refractivity contribution in [2.24, 2.45) is 0 Å². The molecule has 19 heavy (non-hydrogen) atoms. The Labute approximate surface area is 120 Å². The van der Waals surface area contributed by atoms with Crippen LogP contribution in [-0.4, -0.2) is 36.5 Å². The van der Waals surface area contributed by atoms with Crippen molar-refractivity contribution in [1.82, 2.24) is 4.31 Å². The Kier molecular flexibility index (Phi) is 5.38. The third kappa shape index (κ3) is 5.10. The van der Waals surface area contributed by atoms with Gasteiger partial charge < -0.3 is 5.11 Å². The number of hydrogen-bond donors (Lipinski definition) is 1. The molecular weight excluding hydrogens is 286 g/mol. The summed E-state index contributed by atoms with van der Waals surface area (Å²) in [5.74, 6) is -0.156. The molecule has 1 rings (SSSR count). The summed E-state index contributed by atoms with van der Waals surface area (Å²) in [7, 11) is -3.49. The normalized spacial score (nSPS) is 12.9. The van der Waals surface area contributed by atoms with Crippen molar-refractivity contribution < 1.29 is 13.5 Å². The maximum atomic E-state index is 12.3. The van der Waals surface area contributed by atoms with E-state index in [-0.39, 0.29) is 12.3 Å². The van der Waals surface area contributed by atoms with E-state index < -0.39 is 15.6 Å². The van der Waals surface area contributed by atoms with Gasteiger partial charge in [0.15, 0.2) is 0 Å². The van der Waals surface area contributed by atoms with Gasteiger partial charge in [-0.3, -0.25) is 0 Å². The van der Waals surface area contributed by atoms with Crippen LogP contribution in [0.3, 0.4) is 0 Å². The quantitative estimate of drug-likeness (QED) is 0.877. The zero-order valence-electron chi connectivity index (χ0n) is 11.4.